The molecule has 0 aliphatic heterocycles. The second kappa shape index (κ2) is 8.48. The summed E-state index contributed by atoms with van der Waals surface area (Å²) in [7, 11) is 0. The van der Waals surface area contributed by atoms with E-state index >= 15 is 0 Å². The van der Waals surface area contributed by atoms with Crippen molar-refractivity contribution in [2.45, 2.75) is 20.3 Å². The quantitative estimate of drug-likeness (QED) is 0.855. The molecule has 0 aliphatic rings. The Hall–Kier alpha value is -1.14. The van der Waals surface area contributed by atoms with Gasteiger partial charge in [-0.15, -0.1) is 23.7 Å². The number of benzene rings is 1. The fourth-order valence-corrected chi connectivity index (χ4v) is 3.03. The minimum atomic E-state index is -0.217. The molecule has 0 saturated carbocycles. The van der Waals surface area contributed by atoms with Crippen molar-refractivity contribution in [3.05, 3.63) is 45.4 Å². The highest BCUT2D eigenvalue weighted by molar-refractivity contribution is 7.15. The molecule has 1 heterocycles. The first-order valence-corrected chi connectivity index (χ1v) is 7.90. The number of hydrogen-bond donors (Lipinski definition) is 2. The molecular formula is C15H19Cl2N3OS. The zero-order chi connectivity index (χ0) is 15.4. The van der Waals surface area contributed by atoms with Gasteiger partial charge in [0.15, 0.2) is 5.13 Å². The Morgan fingerprint density at radius 3 is 2.86 bits per heavy atom. The monoisotopic (exact) mass is 359 g/mol. The van der Waals surface area contributed by atoms with Crippen LogP contribution in [0.3, 0.4) is 0 Å². The lowest BCUT2D eigenvalue weighted by Gasteiger charge is -2.06. The van der Waals surface area contributed by atoms with Crippen molar-refractivity contribution in [1.82, 2.24) is 4.98 Å². The van der Waals surface area contributed by atoms with Gasteiger partial charge in [-0.3, -0.25) is 4.79 Å². The lowest BCUT2D eigenvalue weighted by atomic mass is 10.1. The van der Waals surface area contributed by atoms with E-state index in [9.17, 15) is 4.79 Å². The van der Waals surface area contributed by atoms with Gasteiger partial charge in [-0.25, -0.2) is 4.98 Å². The van der Waals surface area contributed by atoms with Crippen LogP contribution in [-0.4, -0.2) is 17.4 Å². The van der Waals surface area contributed by atoms with Crippen LogP contribution in [0, 0.1) is 12.8 Å². The van der Waals surface area contributed by atoms with Crippen LogP contribution in [0.1, 0.15) is 23.1 Å². The summed E-state index contributed by atoms with van der Waals surface area (Å²) in [6.45, 7) is 4.06. The van der Waals surface area contributed by atoms with Crippen LogP contribution in [0.25, 0.3) is 0 Å². The molecule has 0 saturated heterocycles. The third-order valence-electron chi connectivity index (χ3n) is 3.18. The summed E-state index contributed by atoms with van der Waals surface area (Å²) in [6.07, 6.45) is 0.756. The Labute approximate surface area is 145 Å². The molecule has 7 heteroatoms. The molecule has 1 unspecified atom stereocenters. The topological polar surface area (TPSA) is 68.0 Å². The molecule has 0 radical (unpaired) electrons. The highest BCUT2D eigenvalue weighted by Gasteiger charge is 2.14. The first kappa shape index (κ1) is 18.9. The molecule has 1 aromatic heterocycles. The van der Waals surface area contributed by atoms with E-state index in [-0.39, 0.29) is 24.2 Å². The van der Waals surface area contributed by atoms with Gasteiger partial charge < -0.3 is 11.1 Å². The lowest BCUT2D eigenvalue weighted by Crippen LogP contribution is -2.26. The summed E-state index contributed by atoms with van der Waals surface area (Å²) >= 11 is 7.48. The Kier molecular flexibility index (Phi) is 7.29. The van der Waals surface area contributed by atoms with Gasteiger partial charge in [0.05, 0.1) is 5.69 Å². The van der Waals surface area contributed by atoms with E-state index in [1.54, 1.807) is 6.92 Å². The number of nitrogens with one attached hydrogen (secondary N) is 1. The van der Waals surface area contributed by atoms with Gasteiger partial charge in [0.2, 0.25) is 5.91 Å². The van der Waals surface area contributed by atoms with Gasteiger partial charge in [0, 0.05) is 28.8 Å². The van der Waals surface area contributed by atoms with Crippen LogP contribution < -0.4 is 11.1 Å². The summed E-state index contributed by atoms with van der Waals surface area (Å²) < 4.78 is 0. The normalized spacial score (nSPS) is 11.6. The number of nitrogens with zero attached hydrogens (tertiary/aromatic N) is 1. The molecule has 0 fully saturated rings. The zero-order valence-electron chi connectivity index (χ0n) is 12.4. The smallest absolute Gasteiger partial charge is 0.230 e. The highest BCUT2D eigenvalue weighted by atomic mass is 35.5. The van der Waals surface area contributed by atoms with Gasteiger partial charge in [-0.2, -0.15) is 0 Å². The van der Waals surface area contributed by atoms with Crippen molar-refractivity contribution in [3.8, 4) is 0 Å². The maximum atomic E-state index is 11.8. The highest BCUT2D eigenvalue weighted by Crippen LogP contribution is 2.26. The minimum Gasteiger partial charge on any atom is -0.330 e. The molecule has 2 rings (SSSR count). The summed E-state index contributed by atoms with van der Waals surface area (Å²) in [4.78, 5) is 17.3. The molecule has 1 amide bonds. The number of hydrogen-bond acceptors (Lipinski definition) is 4. The van der Waals surface area contributed by atoms with Gasteiger partial charge in [-0.1, -0.05) is 30.7 Å². The number of carbonyl (C=O) groups is 1. The third-order valence-corrected chi connectivity index (χ3v) is 4.49. The number of halogens is 2. The summed E-state index contributed by atoms with van der Waals surface area (Å²) in [5.41, 5.74) is 7.54. The van der Waals surface area contributed by atoms with Crippen molar-refractivity contribution in [2.75, 3.05) is 11.9 Å². The largest absolute Gasteiger partial charge is 0.330 e. The number of thiazole rings is 1. The molecule has 0 aliphatic carbocycles. The first-order valence-electron chi connectivity index (χ1n) is 6.71. The standard InChI is InChI=1S/C15H18ClN3OS.ClH/c1-9(8-17)14(20)19-15-18-10(2)13(21-15)7-11-4-3-5-12(16)6-11;/h3-6,9H,7-8,17H2,1-2H3,(H,18,19,20);1H. The van der Waals surface area contributed by atoms with E-state index in [1.165, 1.54) is 11.3 Å². The van der Waals surface area contributed by atoms with E-state index in [2.05, 4.69) is 10.3 Å². The van der Waals surface area contributed by atoms with Crippen LogP contribution >= 0.6 is 35.3 Å². The minimum absolute atomic E-state index is 0. The predicted octanol–water partition coefficient (Wildman–Crippen LogP) is 3.65. The Balaban J connectivity index is 0.00000242. The van der Waals surface area contributed by atoms with Crippen LogP contribution in [0.2, 0.25) is 5.02 Å². The Morgan fingerprint density at radius 2 is 2.23 bits per heavy atom. The molecule has 2 aromatic rings. The van der Waals surface area contributed by atoms with Crippen molar-refractivity contribution in [3.63, 3.8) is 0 Å². The second-order valence-corrected chi connectivity index (χ2v) is 6.48. The Bertz CT molecular complexity index is 645. The summed E-state index contributed by atoms with van der Waals surface area (Å²) in [6, 6.07) is 7.75. The van der Waals surface area contributed by atoms with Gasteiger partial charge in [0.1, 0.15) is 0 Å². The number of amides is 1. The second-order valence-electron chi connectivity index (χ2n) is 4.96. The number of rotatable bonds is 5. The number of anilines is 1. The number of carbonyl (C=O) groups excluding carboxylic acids is 1. The molecule has 3 N–H and O–H groups in total. The van der Waals surface area contributed by atoms with Gasteiger partial charge >= 0.3 is 0 Å². The average Bonchev–Trinajstić information content (AvgIpc) is 2.77. The molecular weight excluding hydrogens is 341 g/mol. The molecule has 120 valence electrons. The summed E-state index contributed by atoms with van der Waals surface area (Å²) in [5, 5.41) is 4.16. The maximum Gasteiger partial charge on any atom is 0.230 e. The van der Waals surface area contributed by atoms with Gasteiger partial charge in [0.25, 0.3) is 0 Å². The van der Waals surface area contributed by atoms with E-state index in [4.69, 9.17) is 17.3 Å². The van der Waals surface area contributed by atoms with E-state index in [0.717, 1.165) is 27.6 Å². The first-order chi connectivity index (χ1) is 9.99. The molecule has 1 atom stereocenters. The molecule has 0 spiro atoms. The fraction of sp³-hybridized carbons (Fsp3) is 0.333. The SMILES string of the molecule is Cc1nc(NC(=O)C(C)CN)sc1Cc1cccc(Cl)c1.Cl. The fourth-order valence-electron chi connectivity index (χ4n) is 1.81. The van der Waals surface area contributed by atoms with Gasteiger partial charge in [-0.05, 0) is 24.6 Å². The molecule has 1 aromatic carbocycles. The molecule has 0 bridgehead atoms. The van der Waals surface area contributed by atoms with E-state index in [1.807, 2.05) is 31.2 Å². The average molecular weight is 360 g/mol. The zero-order valence-corrected chi connectivity index (χ0v) is 14.8. The van der Waals surface area contributed by atoms with E-state index in [0.29, 0.717) is 11.7 Å². The van der Waals surface area contributed by atoms with Crippen LogP contribution in [0.4, 0.5) is 5.13 Å². The number of aromatic nitrogens is 1. The van der Waals surface area contributed by atoms with Crippen LogP contribution in [0.15, 0.2) is 24.3 Å². The molecule has 4 nitrogen and oxygen atoms in total. The van der Waals surface area contributed by atoms with Crippen molar-refractivity contribution < 1.29 is 4.79 Å². The van der Waals surface area contributed by atoms with E-state index < -0.39 is 0 Å². The van der Waals surface area contributed by atoms with Crippen molar-refractivity contribution >= 4 is 46.4 Å². The molecule has 22 heavy (non-hydrogen) atoms. The van der Waals surface area contributed by atoms with Crippen molar-refractivity contribution in [1.29, 1.82) is 0 Å². The van der Waals surface area contributed by atoms with Crippen LogP contribution in [-0.2, 0) is 11.2 Å². The Morgan fingerprint density at radius 1 is 1.50 bits per heavy atom. The van der Waals surface area contributed by atoms with Crippen molar-refractivity contribution in [2.24, 2.45) is 11.7 Å². The summed E-state index contributed by atoms with van der Waals surface area (Å²) in [5.74, 6) is -0.314. The number of aryl methyl sites for hydroxylation is 1. The van der Waals surface area contributed by atoms with Crippen LogP contribution in [0.5, 0.6) is 0 Å². The maximum absolute atomic E-state index is 11.8. The third kappa shape index (κ3) is 4.95. The lowest BCUT2D eigenvalue weighted by molar-refractivity contribution is -0.119. The number of nitrogens with two attached hydrogens (primary N) is 1. The predicted molar refractivity (Wildman–Crippen MR) is 95.2 cm³/mol.